The van der Waals surface area contributed by atoms with Gasteiger partial charge in [-0.2, -0.15) is 0 Å². The van der Waals surface area contributed by atoms with Gasteiger partial charge < -0.3 is 0 Å². The minimum Gasteiger partial charge on any atom is -0.299 e. The van der Waals surface area contributed by atoms with Crippen LogP contribution >= 0.6 is 0 Å². The van der Waals surface area contributed by atoms with E-state index >= 15 is 0 Å². The average Bonchev–Trinajstić information content (AvgIpc) is 2.18. The van der Waals surface area contributed by atoms with Crippen LogP contribution in [0.4, 0.5) is 0 Å². The summed E-state index contributed by atoms with van der Waals surface area (Å²) >= 11 is 0. The Hall–Kier alpha value is -1.11. The summed E-state index contributed by atoms with van der Waals surface area (Å²) in [5.74, 6) is 0.639. The van der Waals surface area contributed by atoms with Gasteiger partial charge in [-0.25, -0.2) is 0 Å². The highest BCUT2D eigenvalue weighted by Gasteiger charge is 2.16. The van der Waals surface area contributed by atoms with E-state index in [0.717, 1.165) is 6.42 Å². The molecular formula is C13H18O. The Morgan fingerprint density at radius 3 is 2.21 bits per heavy atom. The summed E-state index contributed by atoms with van der Waals surface area (Å²) < 4.78 is 0. The third-order valence-electron chi connectivity index (χ3n) is 2.44. The molecule has 1 heteroatoms. The third kappa shape index (κ3) is 2.99. The molecule has 0 aliphatic carbocycles. The van der Waals surface area contributed by atoms with E-state index in [-0.39, 0.29) is 11.8 Å². The Balaban J connectivity index is 2.57. The molecule has 0 aromatic heterocycles. The van der Waals surface area contributed by atoms with Crippen molar-refractivity contribution in [3.05, 3.63) is 35.9 Å². The van der Waals surface area contributed by atoms with Gasteiger partial charge in [-0.05, 0) is 12.0 Å². The highest BCUT2D eigenvalue weighted by Crippen LogP contribution is 2.12. The van der Waals surface area contributed by atoms with Gasteiger partial charge in [-0.1, -0.05) is 51.1 Å². The first-order valence-electron chi connectivity index (χ1n) is 5.19. The zero-order valence-corrected chi connectivity index (χ0v) is 9.16. The van der Waals surface area contributed by atoms with Crippen LogP contribution in [0.1, 0.15) is 26.3 Å². The van der Waals surface area contributed by atoms with Crippen LogP contribution in [-0.4, -0.2) is 5.78 Å². The summed E-state index contributed by atoms with van der Waals surface area (Å²) in [6, 6.07) is 10.2. The molecule has 1 atom stereocenters. The molecule has 1 rings (SSSR count). The molecule has 1 aromatic carbocycles. The Morgan fingerprint density at radius 1 is 1.14 bits per heavy atom. The number of carbonyl (C=O) groups is 1. The predicted octanol–water partition coefficient (Wildman–Crippen LogP) is 3.09. The van der Waals surface area contributed by atoms with E-state index in [1.54, 1.807) is 0 Å². The lowest BCUT2D eigenvalue weighted by Crippen LogP contribution is -2.18. The molecule has 0 N–H and O–H groups in total. The van der Waals surface area contributed by atoms with E-state index in [9.17, 15) is 4.79 Å². The molecule has 0 spiro atoms. The first kappa shape index (κ1) is 11.0. The molecule has 0 radical (unpaired) electrons. The fourth-order valence-electron chi connectivity index (χ4n) is 1.64. The molecule has 0 heterocycles. The van der Waals surface area contributed by atoms with Crippen LogP contribution in [-0.2, 0) is 11.2 Å². The predicted molar refractivity (Wildman–Crippen MR) is 59.2 cm³/mol. The van der Waals surface area contributed by atoms with Gasteiger partial charge in [-0.3, -0.25) is 4.79 Å². The fraction of sp³-hybridized carbons (Fsp3) is 0.462. The van der Waals surface area contributed by atoms with Gasteiger partial charge in [0.1, 0.15) is 5.78 Å². The molecule has 0 aliphatic heterocycles. The maximum absolute atomic E-state index is 11.6. The second-order valence-electron chi connectivity index (χ2n) is 4.15. The van der Waals surface area contributed by atoms with E-state index < -0.39 is 0 Å². The standard InChI is InChI=1S/C13H18O/c1-10(2)13(14)11(3)9-12-7-5-4-6-8-12/h4-8,10-11H,9H2,1-3H3/t11-/m1/s1. The molecule has 0 saturated carbocycles. The summed E-state index contributed by atoms with van der Waals surface area (Å²) in [6.45, 7) is 5.93. The van der Waals surface area contributed by atoms with E-state index in [1.165, 1.54) is 5.56 Å². The molecule has 14 heavy (non-hydrogen) atoms. The highest BCUT2D eigenvalue weighted by molar-refractivity contribution is 5.82. The van der Waals surface area contributed by atoms with Gasteiger partial charge in [0.15, 0.2) is 0 Å². The molecule has 0 bridgehead atoms. The van der Waals surface area contributed by atoms with Crippen molar-refractivity contribution in [3.63, 3.8) is 0 Å². The van der Waals surface area contributed by atoms with Gasteiger partial charge in [0, 0.05) is 11.8 Å². The van der Waals surface area contributed by atoms with Crippen molar-refractivity contribution < 1.29 is 4.79 Å². The maximum atomic E-state index is 11.6. The van der Waals surface area contributed by atoms with Crippen LogP contribution in [0.2, 0.25) is 0 Å². The monoisotopic (exact) mass is 190 g/mol. The maximum Gasteiger partial charge on any atom is 0.138 e. The Kier molecular flexibility index (Phi) is 3.87. The van der Waals surface area contributed by atoms with Gasteiger partial charge in [0.25, 0.3) is 0 Å². The van der Waals surface area contributed by atoms with E-state index in [1.807, 2.05) is 39.0 Å². The van der Waals surface area contributed by atoms with Crippen molar-refractivity contribution in [1.82, 2.24) is 0 Å². The SMILES string of the molecule is CC(C)C(=O)[C@H](C)Cc1ccccc1. The van der Waals surface area contributed by atoms with E-state index in [2.05, 4.69) is 12.1 Å². The molecule has 76 valence electrons. The highest BCUT2D eigenvalue weighted by atomic mass is 16.1. The minimum atomic E-state index is 0.136. The van der Waals surface area contributed by atoms with E-state index in [0.29, 0.717) is 5.78 Å². The molecule has 0 saturated heterocycles. The summed E-state index contributed by atoms with van der Waals surface area (Å²) in [7, 11) is 0. The molecule has 0 fully saturated rings. The lowest BCUT2D eigenvalue weighted by molar-refractivity contribution is -0.125. The van der Waals surface area contributed by atoms with Crippen molar-refractivity contribution in [3.8, 4) is 0 Å². The summed E-state index contributed by atoms with van der Waals surface area (Å²) in [4.78, 5) is 11.6. The van der Waals surface area contributed by atoms with E-state index in [4.69, 9.17) is 0 Å². The average molecular weight is 190 g/mol. The zero-order chi connectivity index (χ0) is 10.6. The third-order valence-corrected chi connectivity index (χ3v) is 2.44. The Labute approximate surface area is 86.1 Å². The number of hydrogen-bond acceptors (Lipinski definition) is 1. The summed E-state index contributed by atoms with van der Waals surface area (Å²) in [5.41, 5.74) is 1.24. The molecule has 0 unspecified atom stereocenters. The summed E-state index contributed by atoms with van der Waals surface area (Å²) in [5, 5.41) is 0. The fourth-order valence-corrected chi connectivity index (χ4v) is 1.64. The number of ketones is 1. The molecule has 1 aromatic rings. The molecular weight excluding hydrogens is 172 g/mol. The van der Waals surface area contributed by atoms with Crippen LogP contribution in [0, 0.1) is 11.8 Å². The topological polar surface area (TPSA) is 17.1 Å². The quantitative estimate of drug-likeness (QED) is 0.713. The smallest absolute Gasteiger partial charge is 0.138 e. The molecule has 0 amide bonds. The van der Waals surface area contributed by atoms with Crippen LogP contribution in [0.3, 0.4) is 0 Å². The largest absolute Gasteiger partial charge is 0.299 e. The van der Waals surface area contributed by atoms with Crippen molar-refractivity contribution >= 4 is 5.78 Å². The van der Waals surface area contributed by atoms with Gasteiger partial charge in [0.05, 0.1) is 0 Å². The normalized spacial score (nSPS) is 12.9. The van der Waals surface area contributed by atoms with Crippen LogP contribution < -0.4 is 0 Å². The van der Waals surface area contributed by atoms with Gasteiger partial charge >= 0.3 is 0 Å². The van der Waals surface area contributed by atoms with Crippen molar-refractivity contribution in [2.24, 2.45) is 11.8 Å². The van der Waals surface area contributed by atoms with Crippen molar-refractivity contribution in [2.75, 3.05) is 0 Å². The van der Waals surface area contributed by atoms with Crippen molar-refractivity contribution in [1.29, 1.82) is 0 Å². The number of hydrogen-bond donors (Lipinski definition) is 0. The minimum absolute atomic E-state index is 0.136. The first-order chi connectivity index (χ1) is 6.61. The lowest BCUT2D eigenvalue weighted by Gasteiger charge is -2.12. The summed E-state index contributed by atoms with van der Waals surface area (Å²) in [6.07, 6.45) is 0.859. The van der Waals surface area contributed by atoms with Crippen LogP contribution in [0.5, 0.6) is 0 Å². The Morgan fingerprint density at radius 2 is 1.71 bits per heavy atom. The second kappa shape index (κ2) is 4.94. The van der Waals surface area contributed by atoms with Gasteiger partial charge in [-0.15, -0.1) is 0 Å². The first-order valence-corrected chi connectivity index (χ1v) is 5.19. The second-order valence-corrected chi connectivity index (χ2v) is 4.15. The van der Waals surface area contributed by atoms with Crippen molar-refractivity contribution in [2.45, 2.75) is 27.2 Å². The van der Waals surface area contributed by atoms with Crippen LogP contribution in [0.25, 0.3) is 0 Å². The lowest BCUT2D eigenvalue weighted by atomic mass is 9.91. The number of carbonyl (C=O) groups excluding carboxylic acids is 1. The molecule has 1 nitrogen and oxygen atoms in total. The number of rotatable bonds is 4. The van der Waals surface area contributed by atoms with Gasteiger partial charge in [0.2, 0.25) is 0 Å². The number of Topliss-reactive ketones (excluding diaryl/α,β-unsaturated/α-hetero) is 1. The van der Waals surface area contributed by atoms with Crippen LogP contribution in [0.15, 0.2) is 30.3 Å². The Bertz CT molecular complexity index is 287. The molecule has 0 aliphatic rings. The number of benzene rings is 1. The zero-order valence-electron chi connectivity index (χ0n) is 9.16.